The van der Waals surface area contributed by atoms with E-state index < -0.39 is 24.0 Å². The zero-order valence-corrected chi connectivity index (χ0v) is 19.0. The number of hydrogen-bond donors (Lipinski definition) is 3. The maximum absolute atomic E-state index is 12.6. The van der Waals surface area contributed by atoms with Crippen molar-refractivity contribution in [2.24, 2.45) is 17.0 Å². The first kappa shape index (κ1) is 25.0. The van der Waals surface area contributed by atoms with Gasteiger partial charge >= 0.3 is 0 Å². The van der Waals surface area contributed by atoms with Gasteiger partial charge in [0.05, 0.1) is 0 Å². The SMILES string of the molecule is CC(C)SCC[C@@H](N)C(O)C(=O)N(N)C(=O)c1cccc(SCC(C)(C)C)c1. The smallest absolute Gasteiger partial charge is 0.274 e. The van der Waals surface area contributed by atoms with Gasteiger partial charge in [0.25, 0.3) is 11.8 Å². The first-order valence-electron chi connectivity index (χ1n) is 9.33. The molecule has 0 aromatic heterocycles. The number of carbonyl (C=O) groups excluding carboxylic acids is 2. The second-order valence-corrected chi connectivity index (χ2v) is 10.9. The van der Waals surface area contributed by atoms with Crippen LogP contribution >= 0.6 is 23.5 Å². The van der Waals surface area contributed by atoms with Crippen LogP contribution < -0.4 is 11.6 Å². The Morgan fingerprint density at radius 2 is 1.89 bits per heavy atom. The van der Waals surface area contributed by atoms with Crippen molar-refractivity contribution in [3.05, 3.63) is 29.8 Å². The molecular formula is C20H33N3O3S2. The highest BCUT2D eigenvalue weighted by molar-refractivity contribution is 7.99. The first-order chi connectivity index (χ1) is 12.9. The lowest BCUT2D eigenvalue weighted by Gasteiger charge is -2.23. The van der Waals surface area contributed by atoms with Crippen molar-refractivity contribution in [3.8, 4) is 0 Å². The van der Waals surface area contributed by atoms with Crippen molar-refractivity contribution < 1.29 is 14.7 Å². The van der Waals surface area contributed by atoms with Crippen LogP contribution in [0.3, 0.4) is 0 Å². The van der Waals surface area contributed by atoms with Crippen LogP contribution in [-0.4, -0.2) is 50.8 Å². The maximum atomic E-state index is 12.6. The molecule has 5 N–H and O–H groups in total. The molecule has 0 aliphatic carbocycles. The molecule has 0 saturated carbocycles. The Labute approximate surface area is 176 Å². The van der Waals surface area contributed by atoms with Gasteiger partial charge in [0, 0.05) is 22.3 Å². The van der Waals surface area contributed by atoms with Crippen molar-refractivity contribution in [3.63, 3.8) is 0 Å². The molecule has 0 heterocycles. The molecule has 0 saturated heterocycles. The van der Waals surface area contributed by atoms with Gasteiger partial charge in [0.15, 0.2) is 0 Å². The number of amides is 2. The molecule has 28 heavy (non-hydrogen) atoms. The molecule has 0 aliphatic rings. The molecule has 1 aromatic rings. The fourth-order valence-corrected chi connectivity index (χ4v) is 4.05. The van der Waals surface area contributed by atoms with Gasteiger partial charge in [-0.25, -0.2) is 10.9 Å². The van der Waals surface area contributed by atoms with Crippen LogP contribution in [0.15, 0.2) is 29.2 Å². The van der Waals surface area contributed by atoms with E-state index in [4.69, 9.17) is 11.6 Å². The third kappa shape index (κ3) is 8.53. The molecule has 0 radical (unpaired) electrons. The summed E-state index contributed by atoms with van der Waals surface area (Å²) in [6, 6.07) is 6.19. The van der Waals surface area contributed by atoms with E-state index in [0.29, 0.717) is 22.2 Å². The molecular weight excluding hydrogens is 394 g/mol. The molecule has 0 fully saturated rings. The van der Waals surface area contributed by atoms with Crippen LogP contribution in [-0.2, 0) is 4.79 Å². The molecule has 2 amide bonds. The van der Waals surface area contributed by atoms with E-state index in [0.717, 1.165) is 16.4 Å². The van der Waals surface area contributed by atoms with Crippen molar-refractivity contribution >= 4 is 35.3 Å². The van der Waals surface area contributed by atoms with Crippen molar-refractivity contribution in [2.45, 2.75) is 63.3 Å². The Balaban J connectivity index is 2.73. The number of imide groups is 1. The third-order valence-electron chi connectivity index (χ3n) is 3.77. The Hall–Kier alpha value is -1.06. The molecule has 6 nitrogen and oxygen atoms in total. The van der Waals surface area contributed by atoms with Gasteiger partial charge < -0.3 is 10.8 Å². The van der Waals surface area contributed by atoms with E-state index >= 15 is 0 Å². The number of aliphatic hydroxyl groups excluding tert-OH is 1. The van der Waals surface area contributed by atoms with Gasteiger partial charge in [-0.2, -0.15) is 11.8 Å². The molecule has 0 aliphatic heterocycles. The van der Waals surface area contributed by atoms with Crippen LogP contribution in [0.1, 0.15) is 51.4 Å². The van der Waals surface area contributed by atoms with E-state index in [9.17, 15) is 14.7 Å². The summed E-state index contributed by atoms with van der Waals surface area (Å²) in [7, 11) is 0. The minimum atomic E-state index is -1.51. The largest absolute Gasteiger partial charge is 0.382 e. The second-order valence-electron chi connectivity index (χ2n) is 8.21. The number of hydrazine groups is 1. The Bertz CT molecular complexity index is 662. The van der Waals surface area contributed by atoms with Crippen LogP contribution in [0, 0.1) is 5.41 Å². The number of aliphatic hydroxyl groups is 1. The number of nitrogens with two attached hydrogens (primary N) is 2. The fourth-order valence-electron chi connectivity index (χ4n) is 2.18. The van der Waals surface area contributed by atoms with Crippen LogP contribution in [0.4, 0.5) is 0 Å². The average Bonchev–Trinajstić information content (AvgIpc) is 2.63. The van der Waals surface area contributed by atoms with E-state index in [1.54, 1.807) is 41.7 Å². The molecule has 0 spiro atoms. The Kier molecular flexibility index (Phi) is 10.00. The van der Waals surface area contributed by atoms with Gasteiger partial charge in [-0.3, -0.25) is 9.59 Å². The number of hydrogen-bond acceptors (Lipinski definition) is 7. The summed E-state index contributed by atoms with van der Waals surface area (Å²) in [4.78, 5) is 25.9. The molecule has 8 heteroatoms. The van der Waals surface area contributed by atoms with Crippen LogP contribution in [0.2, 0.25) is 0 Å². The highest BCUT2D eigenvalue weighted by Crippen LogP contribution is 2.27. The number of nitrogens with zero attached hydrogens (tertiary/aromatic N) is 1. The topological polar surface area (TPSA) is 110 Å². The summed E-state index contributed by atoms with van der Waals surface area (Å²) in [5.74, 6) is 5.76. The summed E-state index contributed by atoms with van der Waals surface area (Å²) in [5, 5.41) is 11.1. The monoisotopic (exact) mass is 427 g/mol. The number of benzene rings is 1. The van der Waals surface area contributed by atoms with Crippen LogP contribution in [0.5, 0.6) is 0 Å². The molecule has 1 unspecified atom stereocenters. The predicted molar refractivity (Wildman–Crippen MR) is 118 cm³/mol. The van der Waals surface area contributed by atoms with Crippen molar-refractivity contribution in [2.75, 3.05) is 11.5 Å². The summed E-state index contributed by atoms with van der Waals surface area (Å²) >= 11 is 3.32. The third-order valence-corrected chi connectivity index (χ3v) is 6.51. The fraction of sp³-hybridized carbons (Fsp3) is 0.600. The zero-order chi connectivity index (χ0) is 21.5. The van der Waals surface area contributed by atoms with E-state index in [1.807, 2.05) is 6.07 Å². The van der Waals surface area contributed by atoms with E-state index in [2.05, 4.69) is 34.6 Å². The molecule has 1 aromatic carbocycles. The lowest BCUT2D eigenvalue weighted by Crippen LogP contribution is -2.53. The average molecular weight is 428 g/mol. The molecule has 1 rings (SSSR count). The number of carbonyl (C=O) groups is 2. The van der Waals surface area contributed by atoms with Gasteiger partial charge in [-0.1, -0.05) is 40.7 Å². The Morgan fingerprint density at radius 1 is 1.25 bits per heavy atom. The van der Waals surface area contributed by atoms with Crippen molar-refractivity contribution in [1.29, 1.82) is 0 Å². The van der Waals surface area contributed by atoms with E-state index in [-0.39, 0.29) is 5.41 Å². The van der Waals surface area contributed by atoms with Gasteiger partial charge in [0.2, 0.25) is 0 Å². The predicted octanol–water partition coefficient (Wildman–Crippen LogP) is 2.89. The highest BCUT2D eigenvalue weighted by atomic mass is 32.2. The van der Waals surface area contributed by atoms with E-state index in [1.165, 1.54) is 0 Å². The number of thioether (sulfide) groups is 2. The van der Waals surface area contributed by atoms with Gasteiger partial charge in [-0.15, -0.1) is 11.8 Å². The molecule has 2 atom stereocenters. The summed E-state index contributed by atoms with van der Waals surface area (Å²) in [5.41, 5.74) is 6.35. The quantitative estimate of drug-likeness (QED) is 0.240. The maximum Gasteiger partial charge on any atom is 0.274 e. The normalized spacial score (nSPS) is 14.0. The van der Waals surface area contributed by atoms with Gasteiger partial charge in [0.1, 0.15) is 6.10 Å². The van der Waals surface area contributed by atoms with Crippen LogP contribution in [0.25, 0.3) is 0 Å². The van der Waals surface area contributed by atoms with Gasteiger partial charge in [-0.05, 0) is 41.0 Å². The molecule has 0 bridgehead atoms. The first-order valence-corrected chi connectivity index (χ1v) is 11.4. The summed E-state index contributed by atoms with van der Waals surface area (Å²) in [6.07, 6.45) is -1.06. The molecule has 158 valence electrons. The van der Waals surface area contributed by atoms with Crippen molar-refractivity contribution in [1.82, 2.24) is 5.01 Å². The number of rotatable bonds is 9. The minimum Gasteiger partial charge on any atom is -0.382 e. The highest BCUT2D eigenvalue weighted by Gasteiger charge is 2.30. The Morgan fingerprint density at radius 3 is 2.46 bits per heavy atom. The summed E-state index contributed by atoms with van der Waals surface area (Å²) < 4.78 is 0. The summed E-state index contributed by atoms with van der Waals surface area (Å²) in [6.45, 7) is 10.5. The minimum absolute atomic E-state index is 0.147. The standard InChI is InChI=1S/C20H33N3O3S2/c1-13(2)27-10-9-16(21)17(24)19(26)23(22)18(25)14-7-6-8-15(11-14)28-12-20(3,4)5/h6-8,11,13,16-17,24H,9-10,12,21-22H2,1-5H3/t16-,17?/m1/s1. The lowest BCUT2D eigenvalue weighted by molar-refractivity contribution is -0.138. The lowest BCUT2D eigenvalue weighted by atomic mass is 10.0. The zero-order valence-electron chi connectivity index (χ0n) is 17.3. The second kappa shape index (κ2) is 11.2.